The van der Waals surface area contributed by atoms with Gasteiger partial charge >= 0.3 is 0 Å². The van der Waals surface area contributed by atoms with E-state index in [-0.39, 0.29) is 5.91 Å². The quantitative estimate of drug-likeness (QED) is 0.880. The Bertz CT molecular complexity index is 772. The molecule has 1 amide bonds. The van der Waals surface area contributed by atoms with Gasteiger partial charge in [-0.05, 0) is 68.5 Å². The Morgan fingerprint density at radius 1 is 1.07 bits per heavy atom. The molecule has 5 heteroatoms. The minimum absolute atomic E-state index is 0.0612. The second kappa shape index (κ2) is 8.26. The zero-order chi connectivity index (χ0) is 18.6. The Morgan fingerprint density at radius 3 is 2.56 bits per heavy atom. The standard InChI is InChI=1S/C22H30N4O/c1-25(16-21-19-7-6-8-20(19)23-24-21)22(27)18-11-9-17(10-12-18)15-26-13-4-2-3-5-14-26/h9-12H,2-8,13-16H2,1H3,(H,23,24). The Kier molecular flexibility index (Phi) is 5.58. The van der Waals surface area contributed by atoms with Crippen LogP contribution in [0.1, 0.15) is 65.0 Å². The number of H-pyrrole nitrogens is 1. The van der Waals surface area contributed by atoms with Crippen molar-refractivity contribution in [3.63, 3.8) is 0 Å². The summed E-state index contributed by atoms with van der Waals surface area (Å²) >= 11 is 0. The first-order valence-corrected chi connectivity index (χ1v) is 10.3. The van der Waals surface area contributed by atoms with Crippen LogP contribution in [0.3, 0.4) is 0 Å². The lowest BCUT2D eigenvalue weighted by molar-refractivity contribution is 0.0783. The maximum atomic E-state index is 12.8. The van der Waals surface area contributed by atoms with E-state index in [2.05, 4.69) is 27.2 Å². The maximum Gasteiger partial charge on any atom is 0.253 e. The number of hydrogen-bond donors (Lipinski definition) is 1. The van der Waals surface area contributed by atoms with Crippen molar-refractivity contribution in [2.24, 2.45) is 0 Å². The van der Waals surface area contributed by atoms with Crippen molar-refractivity contribution in [1.82, 2.24) is 20.0 Å². The van der Waals surface area contributed by atoms with Crippen LogP contribution in [0, 0.1) is 0 Å². The third-order valence-corrected chi connectivity index (χ3v) is 5.93. The molecule has 4 rings (SSSR count). The molecule has 1 saturated heterocycles. The number of fused-ring (bicyclic) bond motifs is 1. The van der Waals surface area contributed by atoms with Crippen LogP contribution < -0.4 is 0 Å². The highest BCUT2D eigenvalue weighted by Gasteiger charge is 2.21. The largest absolute Gasteiger partial charge is 0.336 e. The molecule has 1 N–H and O–H groups in total. The molecule has 1 aromatic heterocycles. The third-order valence-electron chi connectivity index (χ3n) is 5.93. The number of amides is 1. The van der Waals surface area contributed by atoms with Gasteiger partial charge in [0.05, 0.1) is 12.2 Å². The van der Waals surface area contributed by atoms with Crippen LogP contribution in [0.15, 0.2) is 24.3 Å². The molecule has 5 nitrogen and oxygen atoms in total. The van der Waals surface area contributed by atoms with E-state index < -0.39 is 0 Å². The van der Waals surface area contributed by atoms with E-state index in [0.717, 1.165) is 30.6 Å². The molecular weight excluding hydrogens is 336 g/mol. The minimum atomic E-state index is 0.0612. The molecule has 144 valence electrons. The highest BCUT2D eigenvalue weighted by Crippen LogP contribution is 2.24. The first-order valence-electron chi connectivity index (χ1n) is 10.3. The van der Waals surface area contributed by atoms with Crippen molar-refractivity contribution in [2.75, 3.05) is 20.1 Å². The Balaban J connectivity index is 1.36. The van der Waals surface area contributed by atoms with Gasteiger partial charge in [0.2, 0.25) is 0 Å². The number of carbonyl (C=O) groups excluding carboxylic acids is 1. The number of aromatic amines is 1. The van der Waals surface area contributed by atoms with Crippen LogP contribution in [0.5, 0.6) is 0 Å². The second-order valence-corrected chi connectivity index (χ2v) is 8.03. The normalized spacial score (nSPS) is 17.5. The van der Waals surface area contributed by atoms with Crippen molar-refractivity contribution in [3.05, 3.63) is 52.3 Å². The van der Waals surface area contributed by atoms with Gasteiger partial charge in [-0.3, -0.25) is 14.8 Å². The maximum absolute atomic E-state index is 12.8. The lowest BCUT2D eigenvalue weighted by atomic mass is 10.1. The fourth-order valence-electron chi connectivity index (χ4n) is 4.34. The van der Waals surface area contributed by atoms with Gasteiger partial charge in [0, 0.05) is 24.8 Å². The summed E-state index contributed by atoms with van der Waals surface area (Å²) in [6.07, 6.45) is 8.67. The number of nitrogens with zero attached hydrogens (tertiary/aromatic N) is 3. The van der Waals surface area contributed by atoms with Gasteiger partial charge in [-0.2, -0.15) is 5.10 Å². The van der Waals surface area contributed by atoms with Gasteiger partial charge in [0.25, 0.3) is 5.91 Å². The number of aromatic nitrogens is 2. The predicted molar refractivity (Wildman–Crippen MR) is 107 cm³/mol. The fourth-order valence-corrected chi connectivity index (χ4v) is 4.34. The van der Waals surface area contributed by atoms with Crippen LogP contribution >= 0.6 is 0 Å². The first kappa shape index (κ1) is 18.2. The average Bonchev–Trinajstić information content (AvgIpc) is 3.20. The Labute approximate surface area is 161 Å². The molecule has 27 heavy (non-hydrogen) atoms. The van der Waals surface area contributed by atoms with E-state index in [9.17, 15) is 4.79 Å². The van der Waals surface area contributed by atoms with E-state index in [1.165, 1.54) is 62.0 Å². The van der Waals surface area contributed by atoms with Crippen LogP contribution in [-0.2, 0) is 25.9 Å². The first-order chi connectivity index (χ1) is 13.2. The molecule has 0 atom stereocenters. The van der Waals surface area contributed by atoms with Crippen molar-refractivity contribution in [3.8, 4) is 0 Å². The van der Waals surface area contributed by atoms with Crippen molar-refractivity contribution >= 4 is 5.91 Å². The summed E-state index contributed by atoms with van der Waals surface area (Å²) in [5.74, 6) is 0.0612. The van der Waals surface area contributed by atoms with E-state index in [1.54, 1.807) is 4.90 Å². The molecule has 2 aromatic rings. The number of benzene rings is 1. The van der Waals surface area contributed by atoms with Crippen LogP contribution in [-0.4, -0.2) is 46.0 Å². The van der Waals surface area contributed by atoms with Crippen LogP contribution in [0.2, 0.25) is 0 Å². The number of aryl methyl sites for hydroxylation is 1. The smallest absolute Gasteiger partial charge is 0.253 e. The molecule has 1 aromatic carbocycles. The molecule has 0 unspecified atom stereocenters. The van der Waals surface area contributed by atoms with Gasteiger partial charge < -0.3 is 4.90 Å². The molecule has 0 spiro atoms. The third kappa shape index (κ3) is 4.24. The van der Waals surface area contributed by atoms with Gasteiger partial charge in [0.15, 0.2) is 0 Å². The number of carbonyl (C=O) groups is 1. The van der Waals surface area contributed by atoms with Gasteiger partial charge in [-0.15, -0.1) is 0 Å². The summed E-state index contributed by atoms with van der Waals surface area (Å²) in [6.45, 7) is 3.94. The molecule has 1 fully saturated rings. The topological polar surface area (TPSA) is 52.2 Å². The van der Waals surface area contributed by atoms with E-state index >= 15 is 0 Å². The average molecular weight is 367 g/mol. The van der Waals surface area contributed by atoms with Crippen LogP contribution in [0.25, 0.3) is 0 Å². The molecular formula is C22H30N4O. The van der Waals surface area contributed by atoms with E-state index in [0.29, 0.717) is 6.54 Å². The summed E-state index contributed by atoms with van der Waals surface area (Å²) in [5, 5.41) is 7.54. The molecule has 0 bridgehead atoms. The molecule has 2 heterocycles. The predicted octanol–water partition coefficient (Wildman–Crippen LogP) is 3.55. The van der Waals surface area contributed by atoms with Gasteiger partial charge in [-0.25, -0.2) is 0 Å². The highest BCUT2D eigenvalue weighted by molar-refractivity contribution is 5.94. The SMILES string of the molecule is CN(Cc1n[nH]c2c1CCC2)C(=O)c1ccc(CN2CCCCCC2)cc1. The zero-order valence-electron chi connectivity index (χ0n) is 16.3. The molecule has 1 aliphatic carbocycles. The van der Waals surface area contributed by atoms with E-state index in [1.807, 2.05) is 19.2 Å². The highest BCUT2D eigenvalue weighted by atomic mass is 16.2. The number of hydrogen-bond acceptors (Lipinski definition) is 3. The zero-order valence-corrected chi connectivity index (χ0v) is 16.3. The fraction of sp³-hybridized carbons (Fsp3) is 0.545. The molecule has 1 aliphatic heterocycles. The number of nitrogens with one attached hydrogen (secondary N) is 1. The number of likely N-dealkylation sites (tertiary alicyclic amines) is 1. The number of rotatable bonds is 5. The monoisotopic (exact) mass is 366 g/mol. The summed E-state index contributed by atoms with van der Waals surface area (Å²) in [5.41, 5.74) is 5.65. The van der Waals surface area contributed by atoms with Gasteiger partial charge in [0.1, 0.15) is 0 Å². The molecule has 0 saturated carbocycles. The van der Waals surface area contributed by atoms with Gasteiger partial charge in [-0.1, -0.05) is 25.0 Å². The lowest BCUT2D eigenvalue weighted by Gasteiger charge is -2.20. The summed E-state index contributed by atoms with van der Waals surface area (Å²) < 4.78 is 0. The summed E-state index contributed by atoms with van der Waals surface area (Å²) in [7, 11) is 1.86. The molecule has 2 aliphatic rings. The molecule has 0 radical (unpaired) electrons. The van der Waals surface area contributed by atoms with Crippen molar-refractivity contribution in [2.45, 2.75) is 58.0 Å². The van der Waals surface area contributed by atoms with Crippen molar-refractivity contribution in [1.29, 1.82) is 0 Å². The van der Waals surface area contributed by atoms with E-state index in [4.69, 9.17) is 0 Å². The minimum Gasteiger partial charge on any atom is -0.336 e. The summed E-state index contributed by atoms with van der Waals surface area (Å²) in [6, 6.07) is 8.17. The Morgan fingerprint density at radius 2 is 1.81 bits per heavy atom. The summed E-state index contributed by atoms with van der Waals surface area (Å²) in [4.78, 5) is 17.1. The lowest BCUT2D eigenvalue weighted by Crippen LogP contribution is -2.27. The van der Waals surface area contributed by atoms with Crippen LogP contribution in [0.4, 0.5) is 0 Å². The van der Waals surface area contributed by atoms with Crippen molar-refractivity contribution < 1.29 is 4.79 Å². The second-order valence-electron chi connectivity index (χ2n) is 8.03. The Hall–Kier alpha value is -2.14.